The highest BCUT2D eigenvalue weighted by Gasteiger charge is 2.33. The van der Waals surface area contributed by atoms with Crippen molar-refractivity contribution in [2.45, 2.75) is 25.6 Å². The number of fused-ring (bicyclic) bond motifs is 1. The molecule has 0 saturated heterocycles. The van der Waals surface area contributed by atoms with Gasteiger partial charge in [0.25, 0.3) is 0 Å². The second kappa shape index (κ2) is 5.54. The average Bonchev–Trinajstić information content (AvgIpc) is 2.97. The molecule has 0 aromatic carbocycles. The van der Waals surface area contributed by atoms with Crippen molar-refractivity contribution < 1.29 is 18.0 Å². The van der Waals surface area contributed by atoms with Crippen molar-refractivity contribution in [1.29, 1.82) is 0 Å². The van der Waals surface area contributed by atoms with E-state index in [4.69, 9.17) is 5.73 Å². The van der Waals surface area contributed by atoms with Gasteiger partial charge in [-0.15, -0.1) is 0 Å². The summed E-state index contributed by atoms with van der Waals surface area (Å²) in [6, 6.07) is 4.02. The second-order valence-electron chi connectivity index (χ2n) is 6.04. The Hall–Kier alpha value is -2.97. The first kappa shape index (κ1) is 16.9. The number of amides is 1. The first-order valence-electron chi connectivity index (χ1n) is 7.28. The molecule has 0 fully saturated rings. The zero-order chi connectivity index (χ0) is 18.4. The van der Waals surface area contributed by atoms with E-state index in [0.717, 1.165) is 12.3 Å². The molecule has 3 aromatic rings. The maximum Gasteiger partial charge on any atom is 0.433 e. The van der Waals surface area contributed by atoms with Gasteiger partial charge in [-0.25, -0.2) is 4.68 Å². The molecule has 3 rings (SSSR count). The molecule has 0 aliphatic rings. The molecule has 0 saturated carbocycles. The van der Waals surface area contributed by atoms with Crippen molar-refractivity contribution >= 4 is 16.9 Å². The highest BCUT2D eigenvalue weighted by atomic mass is 19.4. The summed E-state index contributed by atoms with van der Waals surface area (Å²) >= 11 is 0. The van der Waals surface area contributed by atoms with Crippen LogP contribution < -0.4 is 5.73 Å². The summed E-state index contributed by atoms with van der Waals surface area (Å²) in [7, 11) is 0. The maximum absolute atomic E-state index is 12.9. The SMILES string of the molecule is CC(C)(C(N)=O)n1ncc2ncc(-c3ccnc(C(F)(F)F)c3)cc21. The Bertz CT molecular complexity index is 962. The molecule has 0 spiro atoms. The van der Waals surface area contributed by atoms with Gasteiger partial charge in [0.15, 0.2) is 0 Å². The first-order chi connectivity index (χ1) is 11.6. The number of carbonyl (C=O) groups is 1. The standard InChI is InChI=1S/C16H14F3N5O/c1-15(2,14(20)25)24-12-5-10(7-22-11(12)8-23-24)9-3-4-21-13(6-9)16(17,18)19/h3-8H,1-2H3,(H2,20,25). The Morgan fingerprint density at radius 2 is 1.84 bits per heavy atom. The smallest absolute Gasteiger partial charge is 0.368 e. The molecule has 3 aromatic heterocycles. The van der Waals surface area contributed by atoms with Crippen LogP contribution in [0.2, 0.25) is 0 Å². The molecule has 3 heterocycles. The van der Waals surface area contributed by atoms with Gasteiger partial charge in [-0.3, -0.25) is 14.8 Å². The van der Waals surface area contributed by atoms with Crippen LogP contribution in [-0.2, 0) is 16.5 Å². The van der Waals surface area contributed by atoms with Crippen LogP contribution in [0.5, 0.6) is 0 Å². The molecule has 0 aliphatic carbocycles. The number of nitrogens with two attached hydrogens (primary N) is 1. The minimum atomic E-state index is -4.54. The highest BCUT2D eigenvalue weighted by Crippen LogP contribution is 2.31. The molecule has 130 valence electrons. The molecule has 9 heteroatoms. The highest BCUT2D eigenvalue weighted by molar-refractivity contribution is 5.86. The normalized spacial score (nSPS) is 12.5. The van der Waals surface area contributed by atoms with E-state index >= 15 is 0 Å². The Morgan fingerprint density at radius 1 is 1.12 bits per heavy atom. The lowest BCUT2D eigenvalue weighted by Gasteiger charge is -2.22. The van der Waals surface area contributed by atoms with Crippen LogP contribution in [0.4, 0.5) is 13.2 Å². The fraction of sp³-hybridized carbons (Fsp3) is 0.250. The summed E-state index contributed by atoms with van der Waals surface area (Å²) < 4.78 is 40.0. The average molecular weight is 349 g/mol. The van der Waals surface area contributed by atoms with E-state index in [-0.39, 0.29) is 0 Å². The number of carbonyl (C=O) groups excluding carboxylic acids is 1. The lowest BCUT2D eigenvalue weighted by Crippen LogP contribution is -2.41. The van der Waals surface area contributed by atoms with Crippen molar-refractivity contribution in [3.8, 4) is 11.1 Å². The molecule has 25 heavy (non-hydrogen) atoms. The molecule has 0 atom stereocenters. The Kier molecular flexibility index (Phi) is 3.74. The number of nitrogens with zero attached hydrogens (tertiary/aromatic N) is 4. The number of halogens is 3. The van der Waals surface area contributed by atoms with E-state index in [9.17, 15) is 18.0 Å². The van der Waals surface area contributed by atoms with Gasteiger partial charge in [0.1, 0.15) is 16.7 Å². The van der Waals surface area contributed by atoms with Gasteiger partial charge in [-0.2, -0.15) is 18.3 Å². The van der Waals surface area contributed by atoms with Crippen molar-refractivity contribution in [3.05, 3.63) is 42.5 Å². The van der Waals surface area contributed by atoms with Crippen molar-refractivity contribution in [2.75, 3.05) is 0 Å². The van der Waals surface area contributed by atoms with E-state index < -0.39 is 23.3 Å². The summed E-state index contributed by atoms with van der Waals surface area (Å²) in [4.78, 5) is 19.2. The lowest BCUT2D eigenvalue weighted by molar-refractivity contribution is -0.141. The largest absolute Gasteiger partial charge is 0.433 e. The molecule has 1 amide bonds. The zero-order valence-corrected chi connectivity index (χ0v) is 13.4. The molecule has 0 aliphatic heterocycles. The van der Waals surface area contributed by atoms with Crippen LogP contribution in [0.3, 0.4) is 0 Å². The number of pyridine rings is 2. The molecular formula is C16H14F3N5O. The van der Waals surface area contributed by atoms with Gasteiger partial charge < -0.3 is 5.73 Å². The fourth-order valence-corrected chi connectivity index (χ4v) is 2.38. The second-order valence-corrected chi connectivity index (χ2v) is 6.04. The van der Waals surface area contributed by atoms with Gasteiger partial charge in [0.05, 0.1) is 11.7 Å². The number of rotatable bonds is 3. The summed E-state index contributed by atoms with van der Waals surface area (Å²) in [5.41, 5.74) is 5.06. The summed E-state index contributed by atoms with van der Waals surface area (Å²) in [6.07, 6.45) is -0.533. The van der Waals surface area contributed by atoms with E-state index in [1.165, 1.54) is 23.1 Å². The molecular weight excluding hydrogens is 335 g/mol. The third-order valence-corrected chi connectivity index (χ3v) is 3.94. The number of hydrogen-bond donors (Lipinski definition) is 1. The van der Waals surface area contributed by atoms with Gasteiger partial charge in [-0.05, 0) is 37.6 Å². The number of primary amides is 1. The van der Waals surface area contributed by atoms with Gasteiger partial charge in [0, 0.05) is 18.0 Å². The maximum atomic E-state index is 12.9. The van der Waals surface area contributed by atoms with E-state index in [1.807, 2.05) is 0 Å². The lowest BCUT2D eigenvalue weighted by atomic mass is 10.0. The van der Waals surface area contributed by atoms with Gasteiger partial charge in [0.2, 0.25) is 5.91 Å². The molecule has 2 N–H and O–H groups in total. The van der Waals surface area contributed by atoms with Crippen molar-refractivity contribution in [2.24, 2.45) is 5.73 Å². The zero-order valence-electron chi connectivity index (χ0n) is 13.4. The van der Waals surface area contributed by atoms with E-state index in [0.29, 0.717) is 22.2 Å². The first-order valence-corrected chi connectivity index (χ1v) is 7.28. The minimum absolute atomic E-state index is 0.307. The molecule has 0 radical (unpaired) electrons. The van der Waals surface area contributed by atoms with Gasteiger partial charge >= 0.3 is 6.18 Å². The molecule has 0 unspecified atom stereocenters. The van der Waals surface area contributed by atoms with Crippen LogP contribution in [0.15, 0.2) is 36.8 Å². The predicted octanol–water partition coefficient (Wildman–Crippen LogP) is 2.73. The van der Waals surface area contributed by atoms with Crippen molar-refractivity contribution in [3.63, 3.8) is 0 Å². The summed E-state index contributed by atoms with van der Waals surface area (Å²) in [6.45, 7) is 3.20. The Labute approximate surface area is 140 Å². The summed E-state index contributed by atoms with van der Waals surface area (Å²) in [5, 5.41) is 4.14. The third kappa shape index (κ3) is 2.92. The van der Waals surface area contributed by atoms with Crippen LogP contribution >= 0.6 is 0 Å². The monoisotopic (exact) mass is 349 g/mol. The van der Waals surface area contributed by atoms with E-state index in [2.05, 4.69) is 15.1 Å². The predicted molar refractivity (Wildman–Crippen MR) is 84.3 cm³/mol. The Morgan fingerprint density at radius 3 is 2.48 bits per heavy atom. The number of alkyl halides is 3. The molecule has 0 bridgehead atoms. The fourth-order valence-electron chi connectivity index (χ4n) is 2.38. The van der Waals surface area contributed by atoms with E-state index in [1.54, 1.807) is 19.9 Å². The van der Waals surface area contributed by atoms with Crippen LogP contribution in [0.1, 0.15) is 19.5 Å². The quantitative estimate of drug-likeness (QED) is 0.788. The number of hydrogen-bond acceptors (Lipinski definition) is 4. The topological polar surface area (TPSA) is 86.7 Å². The summed E-state index contributed by atoms with van der Waals surface area (Å²) in [5.74, 6) is -0.592. The third-order valence-electron chi connectivity index (χ3n) is 3.94. The Balaban J connectivity index is 2.15. The van der Waals surface area contributed by atoms with Crippen LogP contribution in [-0.4, -0.2) is 25.7 Å². The van der Waals surface area contributed by atoms with Crippen LogP contribution in [0, 0.1) is 0 Å². The van der Waals surface area contributed by atoms with Gasteiger partial charge in [-0.1, -0.05) is 0 Å². The van der Waals surface area contributed by atoms with Crippen LogP contribution in [0.25, 0.3) is 22.2 Å². The number of aromatic nitrogens is 4. The minimum Gasteiger partial charge on any atom is -0.368 e. The van der Waals surface area contributed by atoms with Crippen molar-refractivity contribution in [1.82, 2.24) is 19.7 Å². The molecule has 6 nitrogen and oxygen atoms in total.